The molecule has 0 saturated heterocycles. The summed E-state index contributed by atoms with van der Waals surface area (Å²) in [6, 6.07) is 16.7. The Hall–Kier alpha value is -3.27. The number of nitrogens with one attached hydrogen (secondary N) is 1. The van der Waals surface area contributed by atoms with Gasteiger partial charge in [0.2, 0.25) is 11.8 Å². The molecule has 41 heavy (non-hydrogen) atoms. The number of hydrogen-bond donors (Lipinski definition) is 1. The van der Waals surface area contributed by atoms with E-state index in [1.165, 1.54) is 42.3 Å². The maximum Gasteiger partial charge on any atom is 0.264 e. The van der Waals surface area contributed by atoms with Gasteiger partial charge in [-0.15, -0.1) is 0 Å². The molecule has 3 aromatic rings. The Balaban J connectivity index is 2.06. The van der Waals surface area contributed by atoms with E-state index in [2.05, 4.69) is 5.32 Å². The van der Waals surface area contributed by atoms with Crippen molar-refractivity contribution in [3.63, 3.8) is 0 Å². The van der Waals surface area contributed by atoms with Crippen LogP contribution in [0.15, 0.2) is 71.6 Å². The molecule has 11 heteroatoms. The molecule has 1 N–H and O–H groups in total. The van der Waals surface area contributed by atoms with Crippen molar-refractivity contribution in [1.29, 1.82) is 0 Å². The highest BCUT2D eigenvalue weighted by atomic mass is 35.5. The quantitative estimate of drug-likeness (QED) is 0.275. The number of anilines is 1. The average molecular weight is 621 g/mol. The third kappa shape index (κ3) is 8.15. The number of carbonyl (C=O) groups is 2. The van der Waals surface area contributed by atoms with E-state index in [0.717, 1.165) is 15.4 Å². The first-order chi connectivity index (χ1) is 19.4. The van der Waals surface area contributed by atoms with Gasteiger partial charge >= 0.3 is 0 Å². The molecule has 2 amide bonds. The normalized spacial score (nSPS) is 12.8. The van der Waals surface area contributed by atoms with Crippen LogP contribution in [0.2, 0.25) is 10.0 Å². The third-order valence-electron chi connectivity index (χ3n) is 6.75. The predicted octanol–water partition coefficient (Wildman–Crippen LogP) is 5.84. The van der Waals surface area contributed by atoms with Gasteiger partial charge in [-0.3, -0.25) is 13.9 Å². The molecule has 0 aliphatic rings. The average Bonchev–Trinajstić information content (AvgIpc) is 2.95. The lowest BCUT2D eigenvalue weighted by Crippen LogP contribution is -2.52. The summed E-state index contributed by atoms with van der Waals surface area (Å²) in [4.78, 5) is 28.5. The molecule has 8 nitrogen and oxygen atoms in total. The van der Waals surface area contributed by atoms with Gasteiger partial charge in [0.05, 0.1) is 22.7 Å². The monoisotopic (exact) mass is 619 g/mol. The van der Waals surface area contributed by atoms with Crippen LogP contribution < -0.4 is 14.4 Å². The number of benzene rings is 3. The number of amides is 2. The standard InChI is InChI=1S/C30H35Cl2N3O5S/c1-6-21(3)33-30(37)22(4)34(18-23-9-11-24(31)12-10-23)29(36)19-35(25-13-16-28(40-5)27(32)17-25)41(38,39)26-14-7-20(2)8-15-26/h7-17,21-22H,6,18-19H2,1-5H3,(H,33,37)/t21-,22-/m1/s1. The first-order valence-corrected chi connectivity index (χ1v) is 15.3. The van der Waals surface area contributed by atoms with Crippen LogP contribution in [0.25, 0.3) is 0 Å². The summed E-state index contributed by atoms with van der Waals surface area (Å²) in [6.07, 6.45) is 0.713. The molecule has 0 unspecified atom stereocenters. The zero-order valence-corrected chi connectivity index (χ0v) is 26.1. The molecule has 0 aromatic heterocycles. The molecule has 3 rings (SSSR count). The molecular formula is C30H35Cl2N3O5S. The van der Waals surface area contributed by atoms with Crippen molar-refractivity contribution >= 4 is 50.7 Å². The number of carbonyl (C=O) groups excluding carboxylic acids is 2. The van der Waals surface area contributed by atoms with Gasteiger partial charge in [0, 0.05) is 17.6 Å². The Kier molecular flexibility index (Phi) is 11.1. The fourth-order valence-corrected chi connectivity index (χ4v) is 5.80. The van der Waals surface area contributed by atoms with E-state index < -0.39 is 28.5 Å². The second-order valence-corrected chi connectivity index (χ2v) is 12.5. The third-order valence-corrected chi connectivity index (χ3v) is 9.08. The van der Waals surface area contributed by atoms with Gasteiger partial charge in [0.15, 0.2) is 0 Å². The highest BCUT2D eigenvalue weighted by Gasteiger charge is 2.33. The molecular weight excluding hydrogens is 585 g/mol. The van der Waals surface area contributed by atoms with Crippen LogP contribution in [0.1, 0.15) is 38.3 Å². The minimum atomic E-state index is -4.21. The summed E-state index contributed by atoms with van der Waals surface area (Å²) in [5.41, 5.74) is 1.79. The van der Waals surface area contributed by atoms with E-state index in [-0.39, 0.29) is 34.1 Å². The summed E-state index contributed by atoms with van der Waals surface area (Å²) in [7, 11) is -2.76. The number of halogens is 2. The summed E-state index contributed by atoms with van der Waals surface area (Å²) in [5, 5.41) is 3.62. The van der Waals surface area contributed by atoms with Crippen molar-refractivity contribution in [1.82, 2.24) is 10.2 Å². The van der Waals surface area contributed by atoms with Gasteiger partial charge in [-0.25, -0.2) is 8.42 Å². The van der Waals surface area contributed by atoms with Crippen molar-refractivity contribution in [2.45, 2.75) is 57.6 Å². The molecule has 0 saturated carbocycles. The summed E-state index contributed by atoms with van der Waals surface area (Å²) >= 11 is 12.4. The van der Waals surface area contributed by atoms with Gasteiger partial charge in [-0.1, -0.05) is 60.0 Å². The molecule has 0 spiro atoms. The highest BCUT2D eigenvalue weighted by Crippen LogP contribution is 2.32. The van der Waals surface area contributed by atoms with E-state index >= 15 is 0 Å². The van der Waals surface area contributed by atoms with Gasteiger partial charge in [0.1, 0.15) is 18.3 Å². The van der Waals surface area contributed by atoms with Gasteiger partial charge < -0.3 is 15.0 Å². The van der Waals surface area contributed by atoms with Crippen molar-refractivity contribution in [2.75, 3.05) is 18.0 Å². The minimum absolute atomic E-state index is 0.00894. The Morgan fingerprint density at radius 3 is 2.17 bits per heavy atom. The van der Waals surface area contributed by atoms with Gasteiger partial charge in [-0.2, -0.15) is 0 Å². The maximum absolute atomic E-state index is 14.0. The summed E-state index contributed by atoms with van der Waals surface area (Å²) in [5.74, 6) is -0.564. The van der Waals surface area contributed by atoms with Crippen LogP contribution in [0, 0.1) is 6.92 Å². The maximum atomic E-state index is 14.0. The van der Waals surface area contributed by atoms with Crippen molar-refractivity contribution in [2.24, 2.45) is 0 Å². The molecule has 0 aliphatic carbocycles. The van der Waals surface area contributed by atoms with E-state index in [0.29, 0.717) is 17.2 Å². The van der Waals surface area contributed by atoms with E-state index in [9.17, 15) is 18.0 Å². The Bertz CT molecular complexity index is 1460. The lowest BCUT2D eigenvalue weighted by atomic mass is 10.1. The minimum Gasteiger partial charge on any atom is -0.495 e. The summed E-state index contributed by atoms with van der Waals surface area (Å²) in [6.45, 7) is 6.77. The lowest BCUT2D eigenvalue weighted by Gasteiger charge is -2.32. The highest BCUT2D eigenvalue weighted by molar-refractivity contribution is 7.92. The van der Waals surface area contributed by atoms with Crippen LogP contribution in [0.5, 0.6) is 5.75 Å². The molecule has 220 valence electrons. The number of sulfonamides is 1. The van der Waals surface area contributed by atoms with Gasteiger partial charge in [0.25, 0.3) is 10.0 Å². The Morgan fingerprint density at radius 1 is 0.976 bits per heavy atom. The fraction of sp³-hybridized carbons (Fsp3) is 0.333. The van der Waals surface area contributed by atoms with Crippen LogP contribution in [-0.4, -0.2) is 50.9 Å². The van der Waals surface area contributed by atoms with Crippen LogP contribution in [0.4, 0.5) is 5.69 Å². The van der Waals surface area contributed by atoms with E-state index in [1.807, 2.05) is 20.8 Å². The zero-order valence-electron chi connectivity index (χ0n) is 23.7. The second-order valence-electron chi connectivity index (χ2n) is 9.79. The van der Waals surface area contributed by atoms with E-state index in [1.54, 1.807) is 43.3 Å². The molecule has 0 aliphatic heterocycles. The largest absolute Gasteiger partial charge is 0.495 e. The van der Waals surface area contributed by atoms with Crippen molar-refractivity contribution in [3.8, 4) is 5.75 Å². The van der Waals surface area contributed by atoms with E-state index in [4.69, 9.17) is 27.9 Å². The topological polar surface area (TPSA) is 96.0 Å². The van der Waals surface area contributed by atoms with Crippen LogP contribution in [0.3, 0.4) is 0 Å². The molecule has 0 fully saturated rings. The summed E-state index contributed by atoms with van der Waals surface area (Å²) < 4.78 is 34.1. The second kappa shape index (κ2) is 14.1. The number of hydrogen-bond acceptors (Lipinski definition) is 5. The molecule has 3 aromatic carbocycles. The molecule has 0 heterocycles. The molecule has 0 bridgehead atoms. The SMILES string of the molecule is CC[C@@H](C)NC(=O)[C@@H](C)N(Cc1ccc(Cl)cc1)C(=O)CN(c1ccc(OC)c(Cl)c1)S(=O)(=O)c1ccc(C)cc1. The number of methoxy groups -OCH3 is 1. The Morgan fingerprint density at radius 2 is 1.61 bits per heavy atom. The zero-order chi connectivity index (χ0) is 30.3. The molecule has 2 atom stereocenters. The number of aryl methyl sites for hydroxylation is 1. The first-order valence-electron chi connectivity index (χ1n) is 13.1. The van der Waals surface area contributed by atoms with Gasteiger partial charge in [-0.05, 0) is 75.2 Å². The van der Waals surface area contributed by atoms with Crippen LogP contribution in [-0.2, 0) is 26.2 Å². The number of nitrogens with zero attached hydrogens (tertiary/aromatic N) is 2. The predicted molar refractivity (Wildman–Crippen MR) is 163 cm³/mol. The Labute approximate surface area is 252 Å². The fourth-order valence-electron chi connectivity index (χ4n) is 4.01. The number of ether oxygens (including phenoxy) is 1. The van der Waals surface area contributed by atoms with Crippen molar-refractivity contribution < 1.29 is 22.7 Å². The molecule has 0 radical (unpaired) electrons. The van der Waals surface area contributed by atoms with Crippen LogP contribution >= 0.6 is 23.2 Å². The smallest absolute Gasteiger partial charge is 0.264 e. The first kappa shape index (κ1) is 32.2. The lowest BCUT2D eigenvalue weighted by molar-refractivity contribution is -0.139. The number of rotatable bonds is 12. The van der Waals surface area contributed by atoms with Crippen molar-refractivity contribution in [3.05, 3.63) is 87.9 Å².